The number of anilines is 3. The van der Waals surface area contributed by atoms with Crippen molar-refractivity contribution in [1.82, 2.24) is 19.9 Å². The molecule has 1 saturated carbocycles. The molecule has 2 aromatic rings. The van der Waals surface area contributed by atoms with Crippen LogP contribution in [0.15, 0.2) is 12.4 Å². The highest BCUT2D eigenvalue weighted by Gasteiger charge is 2.55. The van der Waals surface area contributed by atoms with E-state index in [1.165, 1.54) is 0 Å². The van der Waals surface area contributed by atoms with Crippen LogP contribution in [0.25, 0.3) is 0 Å². The van der Waals surface area contributed by atoms with E-state index in [4.69, 9.17) is 27.9 Å². The number of hydrogen-bond acceptors (Lipinski definition) is 7. The van der Waals surface area contributed by atoms with E-state index in [1.54, 1.807) is 17.3 Å². The zero-order chi connectivity index (χ0) is 19.8. The summed E-state index contributed by atoms with van der Waals surface area (Å²) in [4.78, 5) is 34.9. The van der Waals surface area contributed by atoms with Crippen LogP contribution in [-0.4, -0.2) is 51.1 Å². The molecule has 6 rings (SSSR count). The van der Waals surface area contributed by atoms with Crippen molar-refractivity contribution in [3.8, 4) is 0 Å². The molecule has 1 amide bonds. The predicted octanol–water partition coefficient (Wildman–Crippen LogP) is 3.04. The fraction of sp³-hybridized carbons (Fsp3) is 0.526. The third-order valence-electron chi connectivity index (χ3n) is 6.62. The van der Waals surface area contributed by atoms with Crippen molar-refractivity contribution in [1.29, 1.82) is 0 Å². The number of fused-ring (bicyclic) bond motifs is 4. The van der Waals surface area contributed by atoms with Crippen molar-refractivity contribution in [3.05, 3.63) is 28.4 Å². The molecular formula is C19H18Cl2N6O2. The van der Waals surface area contributed by atoms with Gasteiger partial charge in [-0.05, 0) is 30.9 Å². The largest absolute Gasteiger partial charge is 0.374 e. The van der Waals surface area contributed by atoms with Crippen LogP contribution in [0, 0.1) is 0 Å². The molecule has 2 aromatic heterocycles. The normalized spacial score (nSPS) is 26.8. The molecule has 29 heavy (non-hydrogen) atoms. The van der Waals surface area contributed by atoms with Gasteiger partial charge in [-0.3, -0.25) is 9.69 Å². The second-order valence-electron chi connectivity index (χ2n) is 8.15. The summed E-state index contributed by atoms with van der Waals surface area (Å²) in [6.45, 7) is 1.52. The summed E-state index contributed by atoms with van der Waals surface area (Å²) >= 11 is 12.5. The topological polar surface area (TPSA) is 84.3 Å². The van der Waals surface area contributed by atoms with E-state index in [9.17, 15) is 4.79 Å². The lowest BCUT2D eigenvalue weighted by atomic mass is 9.81. The minimum absolute atomic E-state index is 0.0206. The molecular weight excluding hydrogens is 415 g/mol. The van der Waals surface area contributed by atoms with Crippen molar-refractivity contribution < 1.29 is 9.53 Å². The zero-order valence-corrected chi connectivity index (χ0v) is 17.0. The Kier molecular flexibility index (Phi) is 3.82. The maximum absolute atomic E-state index is 13.6. The SMILES string of the molecule is O=C1N(c2cnc(N3CC4CC3CO4)nc2)c2nc(Cl)nc(Cl)c2C12CCCC2. The Morgan fingerprint density at radius 3 is 2.55 bits per heavy atom. The second-order valence-corrected chi connectivity index (χ2v) is 8.85. The van der Waals surface area contributed by atoms with E-state index in [-0.39, 0.29) is 22.4 Å². The summed E-state index contributed by atoms with van der Waals surface area (Å²) < 4.78 is 5.65. The van der Waals surface area contributed by atoms with Crippen molar-refractivity contribution in [2.24, 2.45) is 0 Å². The molecule has 5 heterocycles. The summed E-state index contributed by atoms with van der Waals surface area (Å²) in [5.41, 5.74) is 0.570. The lowest BCUT2D eigenvalue weighted by Gasteiger charge is -2.27. The average molecular weight is 433 g/mol. The van der Waals surface area contributed by atoms with Crippen LogP contribution >= 0.6 is 23.2 Å². The van der Waals surface area contributed by atoms with Gasteiger partial charge in [-0.15, -0.1) is 0 Å². The third kappa shape index (κ3) is 2.45. The molecule has 0 radical (unpaired) electrons. The third-order valence-corrected chi connectivity index (χ3v) is 7.06. The highest BCUT2D eigenvalue weighted by molar-refractivity contribution is 6.34. The van der Waals surface area contributed by atoms with Crippen LogP contribution in [0.4, 0.5) is 17.5 Å². The Labute approximate surface area is 177 Å². The van der Waals surface area contributed by atoms with Gasteiger partial charge in [-0.1, -0.05) is 24.4 Å². The van der Waals surface area contributed by atoms with Gasteiger partial charge in [0, 0.05) is 12.1 Å². The Balaban J connectivity index is 1.40. The first-order chi connectivity index (χ1) is 14.1. The molecule has 10 heteroatoms. The van der Waals surface area contributed by atoms with E-state index >= 15 is 0 Å². The molecule has 4 aliphatic rings. The summed E-state index contributed by atoms with van der Waals surface area (Å²) in [6, 6.07) is 0.326. The van der Waals surface area contributed by atoms with E-state index in [0.717, 1.165) is 38.6 Å². The van der Waals surface area contributed by atoms with Gasteiger partial charge in [0.15, 0.2) is 5.82 Å². The maximum atomic E-state index is 13.6. The molecule has 1 spiro atoms. The van der Waals surface area contributed by atoms with Crippen LogP contribution in [0.3, 0.4) is 0 Å². The second kappa shape index (κ2) is 6.23. The molecule has 2 unspecified atom stereocenters. The minimum Gasteiger partial charge on any atom is -0.374 e. The van der Waals surface area contributed by atoms with Gasteiger partial charge in [-0.2, -0.15) is 4.98 Å². The lowest BCUT2D eigenvalue weighted by molar-refractivity contribution is -0.122. The van der Waals surface area contributed by atoms with Gasteiger partial charge in [0.1, 0.15) is 5.15 Å². The fourth-order valence-electron chi connectivity index (χ4n) is 5.29. The highest BCUT2D eigenvalue weighted by atomic mass is 35.5. The number of morpholine rings is 1. The number of hydrogen-bond donors (Lipinski definition) is 0. The molecule has 1 aliphatic carbocycles. The highest BCUT2D eigenvalue weighted by Crippen LogP contribution is 2.54. The van der Waals surface area contributed by atoms with E-state index in [0.29, 0.717) is 35.7 Å². The summed E-state index contributed by atoms with van der Waals surface area (Å²) in [5, 5.41) is 0.274. The van der Waals surface area contributed by atoms with Crippen molar-refractivity contribution in [2.45, 2.75) is 49.7 Å². The molecule has 3 aliphatic heterocycles. The minimum atomic E-state index is -0.679. The van der Waals surface area contributed by atoms with Gasteiger partial charge < -0.3 is 9.64 Å². The molecule has 8 nitrogen and oxygen atoms in total. The van der Waals surface area contributed by atoms with Crippen LogP contribution in [-0.2, 0) is 14.9 Å². The Morgan fingerprint density at radius 2 is 1.90 bits per heavy atom. The Hall–Kier alpha value is -2.03. The van der Waals surface area contributed by atoms with Crippen molar-refractivity contribution >= 4 is 46.6 Å². The molecule has 3 fully saturated rings. The quantitative estimate of drug-likeness (QED) is 0.532. The van der Waals surface area contributed by atoms with Crippen molar-refractivity contribution in [3.63, 3.8) is 0 Å². The van der Waals surface area contributed by atoms with E-state index < -0.39 is 5.41 Å². The van der Waals surface area contributed by atoms with Gasteiger partial charge in [0.2, 0.25) is 17.1 Å². The Bertz CT molecular complexity index is 1010. The molecule has 150 valence electrons. The number of carbonyl (C=O) groups is 1. The molecule has 0 aromatic carbocycles. The van der Waals surface area contributed by atoms with E-state index in [2.05, 4.69) is 24.8 Å². The van der Waals surface area contributed by atoms with Crippen LogP contribution < -0.4 is 9.80 Å². The van der Waals surface area contributed by atoms with Crippen LogP contribution in [0.2, 0.25) is 10.4 Å². The number of aromatic nitrogens is 4. The fourth-order valence-corrected chi connectivity index (χ4v) is 5.85. The zero-order valence-electron chi connectivity index (χ0n) is 15.5. The van der Waals surface area contributed by atoms with Gasteiger partial charge >= 0.3 is 0 Å². The smallest absolute Gasteiger partial charge is 0.243 e. The average Bonchev–Trinajstić information content (AvgIpc) is 3.48. The van der Waals surface area contributed by atoms with Crippen LogP contribution in [0.1, 0.15) is 37.7 Å². The van der Waals surface area contributed by atoms with Crippen LogP contribution in [0.5, 0.6) is 0 Å². The van der Waals surface area contributed by atoms with Gasteiger partial charge in [0.25, 0.3) is 0 Å². The molecule has 2 atom stereocenters. The lowest BCUT2D eigenvalue weighted by Crippen LogP contribution is -2.38. The Morgan fingerprint density at radius 1 is 1.14 bits per heavy atom. The van der Waals surface area contributed by atoms with Gasteiger partial charge in [-0.25, -0.2) is 15.0 Å². The van der Waals surface area contributed by atoms with Gasteiger partial charge in [0.05, 0.1) is 42.2 Å². The number of carbonyl (C=O) groups excluding carboxylic acids is 1. The molecule has 2 bridgehead atoms. The number of rotatable bonds is 2. The molecule has 2 saturated heterocycles. The predicted molar refractivity (Wildman–Crippen MR) is 107 cm³/mol. The first kappa shape index (κ1) is 17.8. The number of amides is 1. The monoisotopic (exact) mass is 432 g/mol. The summed E-state index contributed by atoms with van der Waals surface area (Å²) in [5.74, 6) is 1.06. The van der Waals surface area contributed by atoms with Crippen molar-refractivity contribution in [2.75, 3.05) is 23.0 Å². The van der Waals surface area contributed by atoms with E-state index in [1.807, 2.05) is 0 Å². The molecule has 0 N–H and O–H groups in total. The first-order valence-electron chi connectivity index (χ1n) is 9.85. The number of nitrogens with zero attached hydrogens (tertiary/aromatic N) is 6. The number of ether oxygens (including phenoxy) is 1. The number of halogens is 2. The maximum Gasteiger partial charge on any atom is 0.243 e. The first-order valence-corrected chi connectivity index (χ1v) is 10.6. The standard InChI is InChI=1S/C19H18Cl2N6O2/c20-14-13-15(25-17(21)24-14)27(16(28)19(13)3-1-2-4-19)11-6-22-18(23-7-11)26-8-12-5-10(26)9-29-12/h6-7,10,12H,1-5,8-9H2. The summed E-state index contributed by atoms with van der Waals surface area (Å²) in [6.07, 6.45) is 8.02. The summed E-state index contributed by atoms with van der Waals surface area (Å²) in [7, 11) is 0.